The molecule has 1 nitrogen and oxygen atoms in total. The average molecular weight is 196 g/mol. The maximum atomic E-state index is 9.80. The van der Waals surface area contributed by atoms with Gasteiger partial charge in [-0.05, 0) is 0 Å². The first kappa shape index (κ1) is 11.8. The van der Waals surface area contributed by atoms with Gasteiger partial charge in [0.1, 0.15) is 6.16 Å². The van der Waals surface area contributed by atoms with Crippen molar-refractivity contribution in [1.82, 2.24) is 0 Å². The highest BCUT2D eigenvalue weighted by Gasteiger charge is 2.36. The van der Waals surface area contributed by atoms with Crippen molar-refractivity contribution in [3.05, 3.63) is 0 Å². The Morgan fingerprint density at radius 2 is 1.36 bits per heavy atom. The quantitative estimate of drug-likeness (QED) is 0.685. The van der Waals surface area contributed by atoms with Gasteiger partial charge in [0.25, 0.3) is 0 Å². The van der Waals surface area contributed by atoms with Gasteiger partial charge in [-0.3, -0.25) is 0 Å². The van der Waals surface area contributed by atoms with Crippen molar-refractivity contribution in [1.29, 1.82) is 0 Å². The van der Waals surface area contributed by atoms with Crippen LogP contribution in [-0.4, -0.2) is 57.1 Å². The first-order chi connectivity index (χ1) is 4.63. The molecule has 0 aromatic rings. The van der Waals surface area contributed by atoms with Crippen LogP contribution in [0.1, 0.15) is 0 Å². The average Bonchev–Trinajstić information content (AvgIpc) is 1.56. The van der Waals surface area contributed by atoms with Gasteiger partial charge < -0.3 is 5.11 Å². The molecule has 0 saturated heterocycles. The van der Waals surface area contributed by atoms with E-state index >= 15 is 0 Å². The van der Waals surface area contributed by atoms with E-state index in [2.05, 4.69) is 40.0 Å². The molecule has 0 aliphatic carbocycles. The van der Waals surface area contributed by atoms with E-state index in [-0.39, 0.29) is 5.85 Å². The largest absolute Gasteiger partial charge is 0.356 e. The molecule has 0 fully saturated rings. The molecule has 0 saturated carbocycles. The molecule has 1 unspecified atom stereocenters. The second-order valence-electron chi connectivity index (χ2n) is 5.07. The van der Waals surface area contributed by atoms with Crippen LogP contribution < -0.4 is 0 Å². The topological polar surface area (TPSA) is 20.2 Å². The molecule has 0 amide bonds. The summed E-state index contributed by atoms with van der Waals surface area (Å²) in [6.07, 6.45) is 1.03. The zero-order chi connectivity index (χ0) is 9.28. The van der Waals surface area contributed by atoms with E-state index < -0.39 is 14.5 Å². The van der Waals surface area contributed by atoms with Crippen molar-refractivity contribution < 1.29 is 5.11 Å². The third-order valence-electron chi connectivity index (χ3n) is 1.61. The molecule has 68 valence electrons. The number of aliphatic hydroxyl groups excluding tert-OH is 1. The van der Waals surface area contributed by atoms with Gasteiger partial charge in [-0.15, -0.1) is 0 Å². The van der Waals surface area contributed by atoms with Gasteiger partial charge in [0.15, 0.2) is 5.85 Å². The fourth-order valence-corrected chi connectivity index (χ4v) is 5.14. The van der Waals surface area contributed by atoms with Crippen molar-refractivity contribution in [2.45, 2.75) is 5.85 Å². The van der Waals surface area contributed by atoms with Gasteiger partial charge in [-0.2, -0.15) is 0 Å². The second kappa shape index (κ2) is 3.69. The minimum atomic E-state index is -1.02. The maximum absolute atomic E-state index is 9.80. The highest BCUT2D eigenvalue weighted by molar-refractivity contribution is 7.77. The van der Waals surface area contributed by atoms with Crippen LogP contribution in [0.5, 0.6) is 0 Å². The SMILES string of the molecule is C[P+](C)(C)CC(O)[P+](C)(C)C. The van der Waals surface area contributed by atoms with Crippen LogP contribution in [0.2, 0.25) is 0 Å². The van der Waals surface area contributed by atoms with Gasteiger partial charge in [0.2, 0.25) is 0 Å². The third kappa shape index (κ3) is 6.02. The zero-order valence-electron chi connectivity index (χ0n) is 8.63. The number of aliphatic hydroxyl groups is 1. The van der Waals surface area contributed by atoms with Crippen LogP contribution in [0.4, 0.5) is 0 Å². The van der Waals surface area contributed by atoms with Crippen molar-refractivity contribution in [3.63, 3.8) is 0 Å². The van der Waals surface area contributed by atoms with Gasteiger partial charge in [0, 0.05) is 34.5 Å². The molecule has 3 heteroatoms. The molecule has 0 heterocycles. The molecule has 0 aliphatic rings. The lowest BCUT2D eigenvalue weighted by atomic mass is 10.9. The Balaban J connectivity index is 3.99. The Bertz CT molecular complexity index is 121. The lowest BCUT2D eigenvalue weighted by Gasteiger charge is -2.22. The van der Waals surface area contributed by atoms with Gasteiger partial charge in [-0.25, -0.2) is 0 Å². The number of hydrogen-bond donors (Lipinski definition) is 1. The highest BCUT2D eigenvalue weighted by atomic mass is 31.2. The Morgan fingerprint density at radius 3 is 1.45 bits per heavy atom. The second-order valence-corrected chi connectivity index (χ2v) is 14.8. The smallest absolute Gasteiger partial charge is 0.196 e. The van der Waals surface area contributed by atoms with E-state index in [0.717, 1.165) is 6.16 Å². The molecule has 0 aliphatic heterocycles. The maximum Gasteiger partial charge on any atom is 0.196 e. The molecule has 0 rings (SSSR count). The number of hydrogen-bond acceptors (Lipinski definition) is 1. The summed E-state index contributed by atoms with van der Waals surface area (Å²) in [7, 11) is -1.81. The standard InChI is InChI=1S/C8H22OP2/c1-10(2,3)7-8(9)11(4,5)6/h8-9H,7H2,1-6H3/q+2. The summed E-state index contributed by atoms with van der Waals surface area (Å²) in [5, 5.41) is 9.80. The first-order valence-electron chi connectivity index (χ1n) is 3.92. The van der Waals surface area contributed by atoms with Crippen molar-refractivity contribution in [3.8, 4) is 0 Å². The minimum Gasteiger partial charge on any atom is -0.356 e. The Hall–Kier alpha value is 0.820. The third-order valence-corrected chi connectivity index (χ3v) is 5.31. The lowest BCUT2D eigenvalue weighted by Crippen LogP contribution is -2.17. The molecule has 0 aromatic heterocycles. The fraction of sp³-hybridized carbons (Fsp3) is 1.00. The van der Waals surface area contributed by atoms with Crippen molar-refractivity contribution >= 4 is 14.5 Å². The Labute approximate surface area is 72.3 Å². The summed E-state index contributed by atoms with van der Waals surface area (Å²) in [4.78, 5) is 0. The van der Waals surface area contributed by atoms with Crippen molar-refractivity contribution in [2.75, 3.05) is 46.2 Å². The minimum absolute atomic E-state index is 0.0316. The van der Waals surface area contributed by atoms with Gasteiger partial charge in [0.05, 0.1) is 20.0 Å². The van der Waals surface area contributed by atoms with Crippen LogP contribution in [0.3, 0.4) is 0 Å². The summed E-state index contributed by atoms with van der Waals surface area (Å²) >= 11 is 0. The van der Waals surface area contributed by atoms with E-state index in [9.17, 15) is 5.11 Å². The van der Waals surface area contributed by atoms with Crippen LogP contribution in [0.25, 0.3) is 0 Å². The van der Waals surface area contributed by atoms with Crippen LogP contribution in [-0.2, 0) is 0 Å². The summed E-state index contributed by atoms with van der Waals surface area (Å²) in [6.45, 7) is 13.5. The predicted octanol–water partition coefficient (Wildman–Crippen LogP) is 2.12. The van der Waals surface area contributed by atoms with Crippen LogP contribution in [0.15, 0.2) is 0 Å². The van der Waals surface area contributed by atoms with Gasteiger partial charge >= 0.3 is 0 Å². The number of rotatable bonds is 3. The van der Waals surface area contributed by atoms with E-state index in [0.29, 0.717) is 0 Å². The molecule has 0 aromatic carbocycles. The summed E-state index contributed by atoms with van der Waals surface area (Å²) < 4.78 is 0. The highest BCUT2D eigenvalue weighted by Crippen LogP contribution is 2.58. The van der Waals surface area contributed by atoms with Crippen LogP contribution in [0, 0.1) is 0 Å². The predicted molar refractivity (Wildman–Crippen MR) is 60.3 cm³/mol. The Kier molecular flexibility index (Phi) is 3.96. The normalized spacial score (nSPS) is 16.6. The summed E-state index contributed by atoms with van der Waals surface area (Å²) in [6, 6.07) is 0. The summed E-state index contributed by atoms with van der Waals surface area (Å²) in [5.41, 5.74) is 0. The van der Waals surface area contributed by atoms with E-state index in [1.54, 1.807) is 0 Å². The molecule has 0 radical (unpaired) electrons. The van der Waals surface area contributed by atoms with Crippen molar-refractivity contribution in [2.24, 2.45) is 0 Å². The molecular weight excluding hydrogens is 174 g/mol. The molecule has 1 N–H and O–H groups in total. The fourth-order valence-electron chi connectivity index (χ4n) is 0.735. The lowest BCUT2D eigenvalue weighted by molar-refractivity contribution is 0.278. The molecule has 11 heavy (non-hydrogen) atoms. The summed E-state index contributed by atoms with van der Waals surface area (Å²) in [5.74, 6) is -0.0316. The molecular formula is C8H22OP2+2. The monoisotopic (exact) mass is 196 g/mol. The Morgan fingerprint density at radius 1 is 1.00 bits per heavy atom. The zero-order valence-corrected chi connectivity index (χ0v) is 10.4. The van der Waals surface area contributed by atoms with Gasteiger partial charge in [-0.1, -0.05) is 0 Å². The molecule has 0 bridgehead atoms. The van der Waals surface area contributed by atoms with E-state index in [1.165, 1.54) is 0 Å². The first-order valence-corrected chi connectivity index (χ1v) is 10.4. The molecule has 1 atom stereocenters. The van der Waals surface area contributed by atoms with E-state index in [4.69, 9.17) is 0 Å². The van der Waals surface area contributed by atoms with Crippen LogP contribution >= 0.6 is 14.5 Å². The molecule has 0 spiro atoms. The van der Waals surface area contributed by atoms with E-state index in [1.807, 2.05) is 0 Å².